The molecule has 0 aromatic carbocycles. The average molecular weight is 689 g/mol. The van der Waals surface area contributed by atoms with Crippen molar-refractivity contribution in [2.24, 2.45) is 44.8 Å². The van der Waals surface area contributed by atoms with Crippen LogP contribution < -0.4 is 10.2 Å². The third-order valence-electron chi connectivity index (χ3n) is 15.2. The van der Waals surface area contributed by atoms with Gasteiger partial charge in [0.05, 0.1) is 30.0 Å². The van der Waals surface area contributed by atoms with Gasteiger partial charge in [-0.2, -0.15) is 0 Å². The van der Waals surface area contributed by atoms with Crippen LogP contribution in [0.25, 0.3) is 0 Å². The summed E-state index contributed by atoms with van der Waals surface area (Å²) in [6.07, 6.45) is 3.26. The quantitative estimate of drug-likeness (QED) is 0.186. The number of ether oxygens (including phenoxy) is 2. The van der Waals surface area contributed by atoms with E-state index in [1.54, 1.807) is 27.7 Å². The molecule has 5 saturated carbocycles. The molecule has 1 amide bonds. The first-order chi connectivity index (χ1) is 21.6. The van der Waals surface area contributed by atoms with Gasteiger partial charge in [-0.1, -0.05) is 27.7 Å². The Labute approximate surface area is 282 Å². The summed E-state index contributed by atoms with van der Waals surface area (Å²) in [5, 5.41) is 34.5. The van der Waals surface area contributed by atoms with E-state index >= 15 is 8.78 Å². The van der Waals surface area contributed by atoms with Crippen molar-refractivity contribution < 1.29 is 43.2 Å². The number of fused-ring (bicyclic) bond motifs is 2. The lowest BCUT2D eigenvalue weighted by Gasteiger charge is -2.65. The zero-order valence-electron chi connectivity index (χ0n) is 28.9. The number of amides is 1. The summed E-state index contributed by atoms with van der Waals surface area (Å²) in [7, 11) is 0. The highest BCUT2D eigenvalue weighted by atomic mass is 35.5. The average Bonchev–Trinajstić information content (AvgIpc) is 3.34. The molecule has 47 heavy (non-hydrogen) atoms. The number of aliphatic hydroxyl groups is 3. The highest BCUT2D eigenvalue weighted by Crippen LogP contribution is 2.90. The normalized spacial score (nSPS) is 48.4. The van der Waals surface area contributed by atoms with Crippen LogP contribution in [0.5, 0.6) is 0 Å². The highest BCUT2D eigenvalue weighted by Gasteiger charge is 2.86. The number of halogens is 3. The summed E-state index contributed by atoms with van der Waals surface area (Å²) in [6.45, 7) is 12.3. The van der Waals surface area contributed by atoms with Gasteiger partial charge in [-0.05, 0) is 111 Å². The summed E-state index contributed by atoms with van der Waals surface area (Å²) < 4.78 is 44.4. The lowest BCUT2D eigenvalue weighted by molar-refractivity contribution is -0.251. The van der Waals surface area contributed by atoms with Crippen LogP contribution >= 0.6 is 11.8 Å². The van der Waals surface area contributed by atoms with Crippen molar-refractivity contribution >= 4 is 23.7 Å². The van der Waals surface area contributed by atoms with E-state index in [1.807, 2.05) is 0 Å². The lowest BCUT2D eigenvalue weighted by atomic mass is 9.41. The van der Waals surface area contributed by atoms with E-state index in [-0.39, 0.29) is 40.6 Å². The fourth-order valence-corrected chi connectivity index (χ4v) is 13.0. The Morgan fingerprint density at radius 3 is 2.28 bits per heavy atom. The molecule has 268 valence electrons. The molecule has 12 heteroatoms. The van der Waals surface area contributed by atoms with Gasteiger partial charge in [-0.3, -0.25) is 9.59 Å². The number of hydrogen-bond donors (Lipinski definition) is 5. The molecule has 0 aromatic heterocycles. The molecule has 6 aliphatic rings. The van der Waals surface area contributed by atoms with Crippen molar-refractivity contribution in [2.45, 2.75) is 148 Å². The number of nitrogens with one attached hydrogen (secondary N) is 2. The summed E-state index contributed by atoms with van der Waals surface area (Å²) in [4.78, 5) is 27.8. The molecule has 5 aliphatic carbocycles. The number of carbonyl (C=O) groups excluding carboxylic acids is 2. The van der Waals surface area contributed by atoms with Crippen molar-refractivity contribution in [2.75, 3.05) is 13.2 Å². The maximum Gasteiger partial charge on any atom is 0.325 e. The largest absolute Gasteiger partial charge is 0.461 e. The summed E-state index contributed by atoms with van der Waals surface area (Å²) in [5.74, 6) is -5.07. The SMILES string of the molecule is CC(C)(O)[C@@H]1CC[C@@](C)([C@H]2[C@@H](O)C[C@@]3(C)[C@@H]4C[C@H](OC(=O)CNC(=O)[C@H](CO)NCl)[C@H]5C(C)(C)C(F)(F)CC[C@@]56C[C@@]46CC[C@]23C)O1. The topological polar surface area (TPSA) is 137 Å². The van der Waals surface area contributed by atoms with Crippen LogP contribution in [0.4, 0.5) is 8.78 Å². The van der Waals surface area contributed by atoms with Gasteiger partial charge in [0, 0.05) is 23.7 Å². The second kappa shape index (κ2) is 10.9. The van der Waals surface area contributed by atoms with Gasteiger partial charge in [0.2, 0.25) is 5.91 Å². The predicted molar refractivity (Wildman–Crippen MR) is 170 cm³/mol. The number of carbonyl (C=O) groups is 2. The number of rotatable bonds is 8. The van der Waals surface area contributed by atoms with E-state index in [9.17, 15) is 24.9 Å². The molecule has 1 heterocycles. The first-order valence-corrected chi connectivity index (χ1v) is 17.9. The molecule has 1 aliphatic heterocycles. The maximum absolute atomic E-state index is 15.8. The van der Waals surface area contributed by atoms with Gasteiger partial charge in [-0.25, -0.2) is 13.6 Å². The molecule has 0 bridgehead atoms. The zero-order valence-corrected chi connectivity index (χ0v) is 29.7. The highest BCUT2D eigenvalue weighted by molar-refractivity contribution is 6.15. The van der Waals surface area contributed by atoms with E-state index in [2.05, 4.69) is 30.9 Å². The molecule has 5 N–H and O–H groups in total. The minimum Gasteiger partial charge on any atom is -0.461 e. The molecule has 1 saturated heterocycles. The van der Waals surface area contributed by atoms with Gasteiger partial charge in [0.25, 0.3) is 5.92 Å². The van der Waals surface area contributed by atoms with Crippen LogP contribution in [-0.4, -0.2) is 81.8 Å². The lowest BCUT2D eigenvalue weighted by Crippen LogP contribution is -2.64. The van der Waals surface area contributed by atoms with Gasteiger partial charge in [0.15, 0.2) is 0 Å². The number of hydrogen-bond acceptors (Lipinski definition) is 8. The first-order valence-electron chi connectivity index (χ1n) is 17.5. The second-order valence-corrected chi connectivity index (χ2v) is 18.2. The van der Waals surface area contributed by atoms with Crippen LogP contribution in [-0.2, 0) is 19.1 Å². The molecule has 6 rings (SSSR count). The van der Waals surface area contributed by atoms with Crippen molar-refractivity contribution in [3.63, 3.8) is 0 Å². The van der Waals surface area contributed by atoms with Crippen molar-refractivity contribution in [1.29, 1.82) is 0 Å². The third-order valence-corrected chi connectivity index (χ3v) is 15.4. The van der Waals surface area contributed by atoms with Crippen LogP contribution in [0.2, 0.25) is 0 Å². The molecular formula is C35H55ClF2N2O7. The minimum absolute atomic E-state index is 0.0221. The van der Waals surface area contributed by atoms with E-state index in [0.717, 1.165) is 25.7 Å². The van der Waals surface area contributed by atoms with Gasteiger partial charge >= 0.3 is 5.97 Å². The van der Waals surface area contributed by atoms with Crippen LogP contribution in [0.3, 0.4) is 0 Å². The van der Waals surface area contributed by atoms with Gasteiger partial charge in [0.1, 0.15) is 18.7 Å². The van der Waals surface area contributed by atoms with E-state index in [0.29, 0.717) is 25.7 Å². The Hall–Kier alpha value is -1.11. The third kappa shape index (κ3) is 4.82. The Morgan fingerprint density at radius 1 is 1.02 bits per heavy atom. The molecule has 9 nitrogen and oxygen atoms in total. The summed E-state index contributed by atoms with van der Waals surface area (Å²) >= 11 is 5.52. The van der Waals surface area contributed by atoms with Crippen molar-refractivity contribution in [3.05, 3.63) is 0 Å². The number of esters is 1. The zero-order chi connectivity index (χ0) is 34.8. The number of aliphatic hydroxyl groups excluding tert-OH is 2. The fraction of sp³-hybridized carbons (Fsp3) is 0.943. The molecule has 2 spiro atoms. The van der Waals surface area contributed by atoms with E-state index in [1.165, 1.54) is 0 Å². The van der Waals surface area contributed by atoms with Crippen LogP contribution in [0.15, 0.2) is 0 Å². The molecule has 6 fully saturated rings. The Bertz CT molecular complexity index is 1290. The molecular weight excluding hydrogens is 634 g/mol. The Balaban J connectivity index is 1.33. The predicted octanol–water partition coefficient (Wildman–Crippen LogP) is 4.48. The van der Waals surface area contributed by atoms with Crippen molar-refractivity contribution in [3.8, 4) is 0 Å². The molecule has 0 unspecified atom stereocenters. The van der Waals surface area contributed by atoms with Crippen LogP contribution in [0.1, 0.15) is 106 Å². The first kappa shape index (κ1) is 35.7. The second-order valence-electron chi connectivity index (χ2n) is 18.0. The smallest absolute Gasteiger partial charge is 0.325 e. The standard InChI is InChI=1S/C35H55ClF2N2O7/c1-28(2)26-21(46-24(43)16-39-27(44)19(17-41)40-36)14-22-31(6)15-20(42)25(32(7)9-8-23(47-32)29(3,4)45)30(31,5)10-11-33(22)18-34(26,33)12-13-35(28,37)38/h19-23,25-26,40-42,45H,8-18H2,1-7H3,(H,39,44)/t19-,20-,21-,22-,23-,25-,26-,30+,31-,32-,33-,34+/m0/s1. The van der Waals surface area contributed by atoms with Gasteiger partial charge < -0.3 is 30.1 Å². The number of alkyl halides is 2. The minimum atomic E-state index is -2.94. The summed E-state index contributed by atoms with van der Waals surface area (Å²) in [6, 6.07) is -1.11. The van der Waals surface area contributed by atoms with Crippen molar-refractivity contribution in [1.82, 2.24) is 10.2 Å². The molecule has 12 atom stereocenters. The Kier molecular flexibility index (Phi) is 8.31. The molecule has 0 aromatic rings. The van der Waals surface area contributed by atoms with Gasteiger partial charge in [-0.15, -0.1) is 0 Å². The monoisotopic (exact) mass is 688 g/mol. The van der Waals surface area contributed by atoms with E-state index in [4.69, 9.17) is 21.3 Å². The van der Waals surface area contributed by atoms with Crippen LogP contribution in [0, 0.1) is 44.8 Å². The fourth-order valence-electron chi connectivity index (χ4n) is 12.8. The maximum atomic E-state index is 15.8. The summed E-state index contributed by atoms with van der Waals surface area (Å²) in [5.41, 5.74) is -4.38. The van der Waals surface area contributed by atoms with E-state index < -0.39 is 77.2 Å². The molecule has 0 radical (unpaired) electrons. The Morgan fingerprint density at radius 2 is 1.68 bits per heavy atom.